The predicted molar refractivity (Wildman–Crippen MR) is 66.0 cm³/mol. The van der Waals surface area contributed by atoms with Gasteiger partial charge in [-0.3, -0.25) is 14.5 Å². The Morgan fingerprint density at radius 1 is 1.17 bits per heavy atom. The largest absolute Gasteiger partial charge is 0.472 e. The fourth-order valence-electron chi connectivity index (χ4n) is 1.59. The van der Waals surface area contributed by atoms with Crippen LogP contribution in [0.3, 0.4) is 0 Å². The molecule has 1 heterocycles. The van der Waals surface area contributed by atoms with E-state index in [1.807, 2.05) is 6.07 Å². The highest BCUT2D eigenvalue weighted by atomic mass is 16.3. The molecule has 92 valence electrons. The van der Waals surface area contributed by atoms with Crippen molar-refractivity contribution < 1.29 is 14.0 Å². The zero-order valence-corrected chi connectivity index (χ0v) is 9.58. The molecule has 0 spiro atoms. The zero-order valence-electron chi connectivity index (χ0n) is 9.58. The van der Waals surface area contributed by atoms with Crippen molar-refractivity contribution in [1.29, 1.82) is 0 Å². The van der Waals surface area contributed by atoms with E-state index in [4.69, 9.17) is 10.2 Å². The minimum Gasteiger partial charge on any atom is -0.472 e. The maximum atomic E-state index is 12.2. The fourth-order valence-corrected chi connectivity index (χ4v) is 1.59. The van der Waals surface area contributed by atoms with Gasteiger partial charge in [0.25, 0.3) is 5.91 Å². The van der Waals surface area contributed by atoms with Gasteiger partial charge in [-0.25, -0.2) is 0 Å². The standard InChI is InChI=1S/C13H12N2O3/c14-12(16)8-15(11-4-2-1-3-5-11)13(17)10-6-7-18-9-10/h1-7,9H,8H2,(H2,14,16). The molecule has 0 atom stereocenters. The van der Waals surface area contributed by atoms with E-state index in [0.717, 1.165) is 0 Å². The van der Waals surface area contributed by atoms with Crippen LogP contribution in [0.5, 0.6) is 0 Å². The molecule has 0 fully saturated rings. The Morgan fingerprint density at radius 2 is 1.89 bits per heavy atom. The summed E-state index contributed by atoms with van der Waals surface area (Å²) in [6, 6.07) is 10.4. The summed E-state index contributed by atoms with van der Waals surface area (Å²) in [6.07, 6.45) is 2.74. The van der Waals surface area contributed by atoms with Crippen LogP contribution in [0.4, 0.5) is 5.69 Å². The Hall–Kier alpha value is -2.56. The van der Waals surface area contributed by atoms with Crippen LogP contribution >= 0.6 is 0 Å². The van der Waals surface area contributed by atoms with Gasteiger partial charge in [-0.1, -0.05) is 18.2 Å². The van der Waals surface area contributed by atoms with Crippen molar-refractivity contribution in [3.05, 3.63) is 54.5 Å². The van der Waals surface area contributed by atoms with Crippen LogP contribution in [0.2, 0.25) is 0 Å². The van der Waals surface area contributed by atoms with E-state index in [-0.39, 0.29) is 12.5 Å². The van der Waals surface area contributed by atoms with Crippen molar-refractivity contribution in [3.63, 3.8) is 0 Å². The maximum Gasteiger partial charge on any atom is 0.262 e. The molecule has 0 radical (unpaired) electrons. The molecule has 0 bridgehead atoms. The summed E-state index contributed by atoms with van der Waals surface area (Å²) in [5.74, 6) is -0.899. The van der Waals surface area contributed by atoms with Gasteiger partial charge in [0.1, 0.15) is 12.8 Å². The van der Waals surface area contributed by atoms with Crippen molar-refractivity contribution in [3.8, 4) is 0 Å². The van der Waals surface area contributed by atoms with Crippen LogP contribution in [0.15, 0.2) is 53.3 Å². The van der Waals surface area contributed by atoms with Gasteiger partial charge in [-0.15, -0.1) is 0 Å². The first kappa shape index (κ1) is 11.9. The number of amides is 2. The van der Waals surface area contributed by atoms with Crippen molar-refractivity contribution in [2.75, 3.05) is 11.4 Å². The van der Waals surface area contributed by atoms with Crippen molar-refractivity contribution >= 4 is 17.5 Å². The molecule has 1 aromatic carbocycles. The van der Waals surface area contributed by atoms with Gasteiger partial charge in [0.2, 0.25) is 5.91 Å². The molecule has 0 aliphatic carbocycles. The third kappa shape index (κ3) is 2.57. The number of primary amides is 1. The van der Waals surface area contributed by atoms with E-state index in [2.05, 4.69) is 0 Å². The molecule has 2 rings (SSSR count). The lowest BCUT2D eigenvalue weighted by atomic mass is 10.2. The van der Waals surface area contributed by atoms with Crippen molar-refractivity contribution in [2.24, 2.45) is 5.73 Å². The first-order valence-corrected chi connectivity index (χ1v) is 5.36. The molecular weight excluding hydrogens is 232 g/mol. The number of rotatable bonds is 4. The molecule has 0 aliphatic rings. The number of anilines is 1. The van der Waals surface area contributed by atoms with Gasteiger partial charge >= 0.3 is 0 Å². The number of nitrogens with zero attached hydrogens (tertiary/aromatic N) is 1. The van der Waals surface area contributed by atoms with Gasteiger partial charge in [-0.05, 0) is 18.2 Å². The molecule has 5 heteroatoms. The maximum absolute atomic E-state index is 12.2. The third-order valence-electron chi connectivity index (χ3n) is 2.40. The molecule has 18 heavy (non-hydrogen) atoms. The summed E-state index contributed by atoms with van der Waals surface area (Å²) in [7, 11) is 0. The molecule has 5 nitrogen and oxygen atoms in total. The van der Waals surface area contributed by atoms with E-state index >= 15 is 0 Å². The highest BCUT2D eigenvalue weighted by Crippen LogP contribution is 2.16. The van der Waals surface area contributed by atoms with Gasteiger partial charge in [0.15, 0.2) is 0 Å². The van der Waals surface area contributed by atoms with Gasteiger partial charge in [0.05, 0.1) is 11.8 Å². The first-order valence-electron chi connectivity index (χ1n) is 5.36. The van der Waals surface area contributed by atoms with E-state index in [1.165, 1.54) is 17.4 Å². The second kappa shape index (κ2) is 5.18. The molecule has 2 N–H and O–H groups in total. The van der Waals surface area contributed by atoms with E-state index < -0.39 is 5.91 Å². The highest BCUT2D eigenvalue weighted by molar-refractivity contribution is 6.08. The summed E-state index contributed by atoms with van der Waals surface area (Å²) < 4.78 is 4.86. The SMILES string of the molecule is NC(=O)CN(C(=O)c1ccoc1)c1ccccc1. The van der Waals surface area contributed by atoms with Crippen LogP contribution < -0.4 is 10.6 Å². The quantitative estimate of drug-likeness (QED) is 0.883. The van der Waals surface area contributed by atoms with Crippen LogP contribution in [0.25, 0.3) is 0 Å². The monoisotopic (exact) mass is 244 g/mol. The molecule has 0 aliphatic heterocycles. The molecule has 0 saturated heterocycles. The summed E-state index contributed by atoms with van der Waals surface area (Å²) in [4.78, 5) is 24.6. The Balaban J connectivity index is 2.31. The van der Waals surface area contributed by atoms with Crippen molar-refractivity contribution in [1.82, 2.24) is 0 Å². The molecule has 2 amide bonds. The van der Waals surface area contributed by atoms with Gasteiger partial charge in [0, 0.05) is 5.69 Å². The Labute approximate surface area is 104 Å². The van der Waals surface area contributed by atoms with Crippen LogP contribution in [0, 0.1) is 0 Å². The lowest BCUT2D eigenvalue weighted by Crippen LogP contribution is -2.38. The summed E-state index contributed by atoms with van der Waals surface area (Å²) in [6.45, 7) is -0.173. The molecular formula is C13H12N2O3. The lowest BCUT2D eigenvalue weighted by molar-refractivity contribution is -0.116. The molecule has 0 saturated carbocycles. The average Bonchev–Trinajstić information content (AvgIpc) is 2.90. The highest BCUT2D eigenvalue weighted by Gasteiger charge is 2.20. The van der Waals surface area contributed by atoms with Crippen LogP contribution in [0.1, 0.15) is 10.4 Å². The van der Waals surface area contributed by atoms with Gasteiger partial charge in [-0.2, -0.15) is 0 Å². The Morgan fingerprint density at radius 3 is 2.44 bits per heavy atom. The van der Waals surface area contributed by atoms with E-state index in [0.29, 0.717) is 11.3 Å². The number of para-hydroxylation sites is 1. The average molecular weight is 244 g/mol. The Kier molecular flexibility index (Phi) is 3.43. The number of carbonyl (C=O) groups excluding carboxylic acids is 2. The minimum atomic E-state index is -0.573. The number of hydrogen-bond acceptors (Lipinski definition) is 3. The topological polar surface area (TPSA) is 76.5 Å². The number of carbonyl (C=O) groups is 2. The van der Waals surface area contributed by atoms with Gasteiger partial charge < -0.3 is 10.2 Å². The smallest absolute Gasteiger partial charge is 0.262 e. The minimum absolute atomic E-state index is 0.173. The molecule has 2 aromatic rings. The second-order valence-electron chi connectivity index (χ2n) is 3.71. The number of nitrogens with two attached hydrogens (primary N) is 1. The van der Waals surface area contributed by atoms with Crippen molar-refractivity contribution in [2.45, 2.75) is 0 Å². The first-order chi connectivity index (χ1) is 8.68. The number of furan rings is 1. The second-order valence-corrected chi connectivity index (χ2v) is 3.71. The zero-order chi connectivity index (χ0) is 13.0. The Bertz CT molecular complexity index is 535. The summed E-state index contributed by atoms with van der Waals surface area (Å²) in [5, 5.41) is 0. The van der Waals surface area contributed by atoms with E-state index in [9.17, 15) is 9.59 Å². The van der Waals surface area contributed by atoms with Crippen LogP contribution in [-0.2, 0) is 4.79 Å². The predicted octanol–water partition coefficient (Wildman–Crippen LogP) is 1.41. The number of benzene rings is 1. The fraction of sp³-hybridized carbons (Fsp3) is 0.0769. The molecule has 0 unspecified atom stereocenters. The van der Waals surface area contributed by atoms with E-state index in [1.54, 1.807) is 30.3 Å². The normalized spacial score (nSPS) is 10.0. The lowest BCUT2D eigenvalue weighted by Gasteiger charge is -2.20. The molecule has 1 aromatic heterocycles. The third-order valence-corrected chi connectivity index (χ3v) is 2.40. The van der Waals surface area contributed by atoms with Crippen LogP contribution in [-0.4, -0.2) is 18.4 Å². The summed E-state index contributed by atoms with van der Waals surface area (Å²) in [5.41, 5.74) is 6.15. The number of hydrogen-bond donors (Lipinski definition) is 1. The summed E-state index contributed by atoms with van der Waals surface area (Å²) >= 11 is 0.